The zero-order chi connectivity index (χ0) is 15.5. The number of nitrogen functional groups attached to an aromatic ring is 1. The van der Waals surface area contributed by atoms with Crippen LogP contribution in [0.5, 0.6) is 0 Å². The van der Waals surface area contributed by atoms with Crippen LogP contribution in [0.4, 0.5) is 11.6 Å². The number of nitrogens with zero attached hydrogens (tertiary/aromatic N) is 4. The van der Waals surface area contributed by atoms with Gasteiger partial charge in [0, 0.05) is 37.5 Å². The van der Waals surface area contributed by atoms with E-state index in [0.717, 1.165) is 24.6 Å². The minimum atomic E-state index is -0.115. The molecule has 112 valence electrons. The molecule has 2 rings (SSSR count). The van der Waals surface area contributed by atoms with E-state index in [9.17, 15) is 0 Å². The summed E-state index contributed by atoms with van der Waals surface area (Å²) in [5, 5.41) is 0. The van der Waals surface area contributed by atoms with Crippen LogP contribution in [0.3, 0.4) is 0 Å². The van der Waals surface area contributed by atoms with Crippen molar-refractivity contribution in [3.05, 3.63) is 42.0 Å². The molecule has 2 N–H and O–H groups in total. The summed E-state index contributed by atoms with van der Waals surface area (Å²) in [7, 11) is 2.02. The fourth-order valence-corrected chi connectivity index (χ4v) is 1.94. The van der Waals surface area contributed by atoms with Gasteiger partial charge in [-0.15, -0.1) is 0 Å². The Morgan fingerprint density at radius 3 is 2.43 bits per heavy atom. The maximum Gasteiger partial charge on any atom is 0.138 e. The van der Waals surface area contributed by atoms with Gasteiger partial charge in [-0.3, -0.25) is 4.98 Å². The molecule has 21 heavy (non-hydrogen) atoms. The van der Waals surface area contributed by atoms with Crippen molar-refractivity contribution >= 4 is 11.6 Å². The molecule has 5 nitrogen and oxygen atoms in total. The van der Waals surface area contributed by atoms with Crippen molar-refractivity contribution < 1.29 is 0 Å². The van der Waals surface area contributed by atoms with E-state index >= 15 is 0 Å². The third kappa shape index (κ3) is 4.15. The minimum absolute atomic E-state index is 0.115. The predicted octanol–water partition coefficient (Wildman–Crippen LogP) is 2.43. The highest BCUT2D eigenvalue weighted by Gasteiger charge is 2.19. The first-order valence-corrected chi connectivity index (χ1v) is 7.11. The van der Waals surface area contributed by atoms with Crippen molar-refractivity contribution in [3.8, 4) is 0 Å². The zero-order valence-corrected chi connectivity index (χ0v) is 13.2. The van der Waals surface area contributed by atoms with E-state index in [2.05, 4.69) is 40.6 Å². The number of nitrogens with two attached hydrogens (primary N) is 1. The summed E-state index contributed by atoms with van der Waals surface area (Å²) >= 11 is 0. The second-order valence-corrected chi connectivity index (χ2v) is 6.25. The molecule has 2 aromatic rings. The van der Waals surface area contributed by atoms with E-state index in [1.165, 1.54) is 5.56 Å². The van der Waals surface area contributed by atoms with Crippen LogP contribution in [0.2, 0.25) is 0 Å². The molecule has 5 heteroatoms. The van der Waals surface area contributed by atoms with E-state index in [-0.39, 0.29) is 5.41 Å². The maximum atomic E-state index is 5.92. The second-order valence-electron chi connectivity index (χ2n) is 6.25. The average molecular weight is 285 g/mol. The first-order chi connectivity index (χ1) is 9.86. The van der Waals surface area contributed by atoms with Crippen LogP contribution in [0.25, 0.3) is 0 Å². The molecule has 0 aromatic carbocycles. The number of hydrogen-bond donors (Lipinski definition) is 1. The van der Waals surface area contributed by atoms with Crippen LogP contribution < -0.4 is 10.6 Å². The molecule has 0 aliphatic carbocycles. The molecule has 0 spiro atoms. The fourth-order valence-electron chi connectivity index (χ4n) is 1.94. The van der Waals surface area contributed by atoms with Gasteiger partial charge in [-0.1, -0.05) is 20.8 Å². The Hall–Kier alpha value is -2.17. The first kappa shape index (κ1) is 15.2. The monoisotopic (exact) mass is 285 g/mol. The summed E-state index contributed by atoms with van der Waals surface area (Å²) in [4.78, 5) is 15.1. The lowest BCUT2D eigenvalue weighted by Gasteiger charge is -2.22. The van der Waals surface area contributed by atoms with Crippen molar-refractivity contribution in [1.29, 1.82) is 0 Å². The van der Waals surface area contributed by atoms with Gasteiger partial charge < -0.3 is 10.6 Å². The molecular formula is C16H23N5. The van der Waals surface area contributed by atoms with Crippen molar-refractivity contribution in [2.24, 2.45) is 0 Å². The van der Waals surface area contributed by atoms with Crippen LogP contribution in [-0.2, 0) is 11.8 Å². The molecule has 0 atom stereocenters. The number of rotatable bonds is 4. The van der Waals surface area contributed by atoms with Crippen LogP contribution in [0.15, 0.2) is 30.6 Å². The van der Waals surface area contributed by atoms with Crippen molar-refractivity contribution in [1.82, 2.24) is 15.0 Å². The van der Waals surface area contributed by atoms with E-state index in [0.29, 0.717) is 5.82 Å². The standard InChI is InChI=1S/C16H23N5/c1-16(2,3)15-19-13(17)11-14(20-15)21(4)10-7-12-5-8-18-9-6-12/h5-6,8-9,11H,7,10H2,1-4H3,(H2,17,19,20). The maximum absolute atomic E-state index is 5.92. The number of hydrogen-bond acceptors (Lipinski definition) is 5. The molecule has 0 saturated carbocycles. The van der Waals surface area contributed by atoms with Gasteiger partial charge >= 0.3 is 0 Å². The fraction of sp³-hybridized carbons (Fsp3) is 0.438. The van der Waals surface area contributed by atoms with E-state index < -0.39 is 0 Å². The molecule has 0 fully saturated rings. The molecule has 0 aliphatic rings. The SMILES string of the molecule is CN(CCc1ccncc1)c1cc(N)nc(C(C)(C)C)n1. The van der Waals surface area contributed by atoms with Gasteiger partial charge in [0.2, 0.25) is 0 Å². The Balaban J connectivity index is 2.12. The largest absolute Gasteiger partial charge is 0.384 e. The molecular weight excluding hydrogens is 262 g/mol. The normalized spacial score (nSPS) is 11.4. The van der Waals surface area contributed by atoms with Crippen molar-refractivity contribution in [2.75, 3.05) is 24.2 Å². The minimum Gasteiger partial charge on any atom is -0.384 e. The Bertz CT molecular complexity index is 589. The smallest absolute Gasteiger partial charge is 0.138 e. The summed E-state index contributed by atoms with van der Waals surface area (Å²) in [6.45, 7) is 7.12. The molecule has 2 aromatic heterocycles. The first-order valence-electron chi connectivity index (χ1n) is 7.11. The molecule has 2 heterocycles. The average Bonchev–Trinajstić information content (AvgIpc) is 2.44. The van der Waals surface area contributed by atoms with Crippen LogP contribution in [-0.4, -0.2) is 28.5 Å². The van der Waals surface area contributed by atoms with Crippen LogP contribution in [0.1, 0.15) is 32.2 Å². The van der Waals surface area contributed by atoms with E-state index in [4.69, 9.17) is 5.73 Å². The van der Waals surface area contributed by atoms with Gasteiger partial charge in [-0.05, 0) is 24.1 Å². The lowest BCUT2D eigenvalue weighted by atomic mass is 9.96. The van der Waals surface area contributed by atoms with Crippen molar-refractivity contribution in [2.45, 2.75) is 32.6 Å². The van der Waals surface area contributed by atoms with E-state index in [1.54, 1.807) is 0 Å². The Morgan fingerprint density at radius 1 is 1.14 bits per heavy atom. The van der Waals surface area contributed by atoms with Gasteiger partial charge in [0.1, 0.15) is 17.5 Å². The number of aromatic nitrogens is 3. The Kier molecular flexibility index (Phi) is 4.40. The van der Waals surface area contributed by atoms with Crippen molar-refractivity contribution in [3.63, 3.8) is 0 Å². The summed E-state index contributed by atoms with van der Waals surface area (Å²) in [5.41, 5.74) is 7.06. The van der Waals surface area contributed by atoms with Gasteiger partial charge in [0.05, 0.1) is 0 Å². The van der Waals surface area contributed by atoms with Gasteiger partial charge in [0.25, 0.3) is 0 Å². The number of pyridine rings is 1. The zero-order valence-electron chi connectivity index (χ0n) is 13.2. The summed E-state index contributed by atoms with van der Waals surface area (Å²) < 4.78 is 0. The summed E-state index contributed by atoms with van der Waals surface area (Å²) in [6, 6.07) is 5.88. The van der Waals surface area contributed by atoms with E-state index in [1.807, 2.05) is 37.6 Å². The lowest BCUT2D eigenvalue weighted by molar-refractivity contribution is 0.545. The highest BCUT2D eigenvalue weighted by molar-refractivity contribution is 5.47. The Labute approximate surface area is 126 Å². The molecule has 0 amide bonds. The van der Waals surface area contributed by atoms with Gasteiger partial charge in [0.15, 0.2) is 0 Å². The molecule has 0 unspecified atom stereocenters. The highest BCUT2D eigenvalue weighted by Crippen LogP contribution is 2.22. The third-order valence-corrected chi connectivity index (χ3v) is 3.28. The van der Waals surface area contributed by atoms with Gasteiger partial charge in [-0.2, -0.15) is 0 Å². The quantitative estimate of drug-likeness (QED) is 0.934. The molecule has 0 saturated heterocycles. The number of anilines is 2. The van der Waals surface area contributed by atoms with Gasteiger partial charge in [-0.25, -0.2) is 9.97 Å². The van der Waals surface area contributed by atoms with Crippen LogP contribution in [0, 0.1) is 0 Å². The number of likely N-dealkylation sites (N-methyl/N-ethyl adjacent to an activating group) is 1. The molecule has 0 bridgehead atoms. The molecule has 0 radical (unpaired) electrons. The molecule has 0 aliphatic heterocycles. The second kappa shape index (κ2) is 6.08. The highest BCUT2D eigenvalue weighted by atomic mass is 15.2. The lowest BCUT2D eigenvalue weighted by Crippen LogP contribution is -2.24. The predicted molar refractivity (Wildman–Crippen MR) is 86.4 cm³/mol. The topological polar surface area (TPSA) is 67.9 Å². The Morgan fingerprint density at radius 2 is 1.81 bits per heavy atom. The third-order valence-electron chi connectivity index (χ3n) is 3.28. The van der Waals surface area contributed by atoms with Crippen LogP contribution >= 0.6 is 0 Å². The summed E-state index contributed by atoms with van der Waals surface area (Å²) in [6.07, 6.45) is 4.57. The summed E-state index contributed by atoms with van der Waals surface area (Å²) in [5.74, 6) is 2.15.